The van der Waals surface area contributed by atoms with E-state index in [0.29, 0.717) is 0 Å². The minimum Gasteiger partial charge on any atom is -0.310 e. The van der Waals surface area contributed by atoms with E-state index in [1.807, 2.05) is 0 Å². The fourth-order valence-electron chi connectivity index (χ4n) is 13.1. The number of para-hydroxylation sites is 3. The molecule has 3 nitrogen and oxygen atoms in total. The Bertz CT molecular complexity index is 4390. The quantitative estimate of drug-likeness (QED) is 0.162. The van der Waals surface area contributed by atoms with Crippen molar-refractivity contribution in [2.24, 2.45) is 0 Å². The molecule has 0 N–H and O–H groups in total. The number of fused-ring (bicyclic) bond motifs is 13. The molecule has 0 aliphatic heterocycles. The summed E-state index contributed by atoms with van der Waals surface area (Å²) in [5.41, 5.74) is 23.4. The third-order valence-corrected chi connectivity index (χ3v) is 16.7. The summed E-state index contributed by atoms with van der Waals surface area (Å²) < 4.78 is 4.85. The van der Waals surface area contributed by atoms with Crippen LogP contribution in [0.5, 0.6) is 0 Å². The summed E-state index contributed by atoms with van der Waals surface area (Å²) in [6.07, 6.45) is 0. The van der Waals surface area contributed by atoms with E-state index in [1.54, 1.807) is 0 Å². The number of aromatic nitrogens is 2. The van der Waals surface area contributed by atoms with Crippen LogP contribution in [0, 0.1) is 0 Å². The molecule has 0 radical (unpaired) electrons. The summed E-state index contributed by atoms with van der Waals surface area (Å²) in [6, 6.07) is 88.4. The van der Waals surface area contributed by atoms with Gasteiger partial charge in [0.05, 0.1) is 27.8 Å². The van der Waals surface area contributed by atoms with Crippen molar-refractivity contribution in [3.05, 3.63) is 259 Å². The second-order valence-corrected chi connectivity index (χ2v) is 21.3. The molecule has 2 aliphatic rings. The van der Waals surface area contributed by atoms with Crippen LogP contribution in [0.25, 0.3) is 99.1 Å². The Morgan fingerprint density at radius 2 is 0.753 bits per heavy atom. The summed E-state index contributed by atoms with van der Waals surface area (Å²) in [4.78, 5) is 2.48. The summed E-state index contributed by atoms with van der Waals surface area (Å²) in [7, 11) is 0. The Morgan fingerprint density at radius 1 is 0.301 bits per heavy atom. The third-order valence-electron chi connectivity index (χ3n) is 16.7. The van der Waals surface area contributed by atoms with Crippen molar-refractivity contribution in [3.63, 3.8) is 0 Å². The lowest BCUT2D eigenvalue weighted by atomic mass is 9.81. The van der Waals surface area contributed by atoms with Crippen molar-refractivity contribution in [1.29, 1.82) is 0 Å². The highest BCUT2D eigenvalue weighted by atomic mass is 15.1. The van der Waals surface area contributed by atoms with Crippen molar-refractivity contribution >= 4 is 71.4 Å². The van der Waals surface area contributed by atoms with Gasteiger partial charge >= 0.3 is 0 Å². The molecule has 0 saturated carbocycles. The minimum absolute atomic E-state index is 0.133. The second-order valence-electron chi connectivity index (χ2n) is 21.3. The Kier molecular flexibility index (Phi) is 8.76. The van der Waals surface area contributed by atoms with Crippen molar-refractivity contribution in [3.8, 4) is 44.8 Å². The maximum absolute atomic E-state index is 2.48. The van der Waals surface area contributed by atoms with Gasteiger partial charge in [0, 0.05) is 60.5 Å². The number of benzene rings is 11. The van der Waals surface area contributed by atoms with Crippen LogP contribution in [0.4, 0.5) is 17.1 Å². The Morgan fingerprint density at radius 3 is 1.42 bits per heavy atom. The SMILES string of the molecule is CC1(C)c2ccccc2-c2ccc(N(c3ccc(-n4c5ccccc5c5ccccc54)cc3)c3ccc4c(c3)C(C)(C)c3cc(-c5ccc6c(c5)c5ccccc5n6-c5cccc6ccccc56)ccc3-4)cc21. The smallest absolute Gasteiger partial charge is 0.0541 e. The van der Waals surface area contributed by atoms with Gasteiger partial charge in [0.2, 0.25) is 0 Å². The zero-order valence-corrected chi connectivity index (χ0v) is 41.4. The number of rotatable bonds is 6. The Labute approximate surface area is 425 Å². The first-order valence-corrected chi connectivity index (χ1v) is 25.7. The normalized spacial score (nSPS) is 14.0. The highest BCUT2D eigenvalue weighted by Gasteiger charge is 2.38. The van der Waals surface area contributed by atoms with Gasteiger partial charge in [-0.3, -0.25) is 0 Å². The highest BCUT2D eigenvalue weighted by Crippen LogP contribution is 2.54. The molecule has 2 aliphatic carbocycles. The van der Waals surface area contributed by atoms with E-state index < -0.39 is 0 Å². The predicted octanol–water partition coefficient (Wildman–Crippen LogP) is 18.8. The largest absolute Gasteiger partial charge is 0.310 e. The van der Waals surface area contributed by atoms with Crippen molar-refractivity contribution in [2.45, 2.75) is 38.5 Å². The molecule has 0 fully saturated rings. The zero-order valence-electron chi connectivity index (χ0n) is 41.4. The molecule has 0 spiro atoms. The molecule has 2 aromatic heterocycles. The highest BCUT2D eigenvalue weighted by molar-refractivity contribution is 6.12. The lowest BCUT2D eigenvalue weighted by Gasteiger charge is -2.30. The van der Waals surface area contributed by atoms with E-state index in [2.05, 4.69) is 278 Å². The average molecular weight is 934 g/mol. The van der Waals surface area contributed by atoms with Gasteiger partial charge in [0.25, 0.3) is 0 Å². The van der Waals surface area contributed by atoms with Gasteiger partial charge in [-0.25, -0.2) is 0 Å². The van der Waals surface area contributed by atoms with E-state index in [9.17, 15) is 0 Å². The van der Waals surface area contributed by atoms with Crippen LogP contribution in [0.1, 0.15) is 49.9 Å². The first kappa shape index (κ1) is 41.8. The molecule has 0 atom stereocenters. The maximum Gasteiger partial charge on any atom is 0.0541 e. The molecule has 3 heteroatoms. The summed E-state index contributed by atoms with van der Waals surface area (Å²) in [5.74, 6) is 0. The second kappa shape index (κ2) is 15.3. The van der Waals surface area contributed by atoms with E-state index in [1.165, 1.54) is 116 Å². The molecule has 0 saturated heterocycles. The summed E-state index contributed by atoms with van der Waals surface area (Å²) in [5, 5.41) is 7.54. The lowest BCUT2D eigenvalue weighted by Crippen LogP contribution is -2.18. The first-order chi connectivity index (χ1) is 35.7. The van der Waals surface area contributed by atoms with Crippen LogP contribution < -0.4 is 4.90 Å². The van der Waals surface area contributed by atoms with Crippen molar-refractivity contribution in [2.75, 3.05) is 4.90 Å². The van der Waals surface area contributed by atoms with Crippen LogP contribution >= 0.6 is 0 Å². The van der Waals surface area contributed by atoms with Gasteiger partial charge in [0.15, 0.2) is 0 Å². The van der Waals surface area contributed by atoms with Gasteiger partial charge in [-0.2, -0.15) is 0 Å². The van der Waals surface area contributed by atoms with Crippen molar-refractivity contribution in [1.82, 2.24) is 9.13 Å². The molecule has 0 amide bonds. The van der Waals surface area contributed by atoms with Crippen LogP contribution in [-0.4, -0.2) is 9.13 Å². The molecule has 13 aromatic rings. The van der Waals surface area contributed by atoms with Gasteiger partial charge in [-0.1, -0.05) is 173 Å². The standard InChI is InChI=1S/C70H51N3/c1-69(2)60-23-11-7-19-52(60)54-37-34-49(42-62(54)69)71(47-30-32-48(33-31-47)72-65-24-12-8-20-56(65)57-21-9-13-25-66(57)72)50-35-38-55-53-36-28-46(41-61(53)70(3,4)63(55)43-50)45-29-39-68-59(40-45)58-22-10-14-26-67(58)73(68)64-27-15-17-44-16-5-6-18-51(44)64/h5-43H,1-4H3. The Balaban J connectivity index is 0.841. The molecule has 11 aromatic carbocycles. The number of hydrogen-bond donors (Lipinski definition) is 0. The molecular formula is C70H51N3. The van der Waals surface area contributed by atoms with E-state index in [0.717, 1.165) is 22.7 Å². The topological polar surface area (TPSA) is 13.1 Å². The van der Waals surface area contributed by atoms with Gasteiger partial charge in [-0.05, 0) is 152 Å². The number of anilines is 3. The van der Waals surface area contributed by atoms with Crippen LogP contribution in [0.15, 0.2) is 237 Å². The van der Waals surface area contributed by atoms with Gasteiger partial charge in [0.1, 0.15) is 0 Å². The molecule has 2 heterocycles. The fourth-order valence-corrected chi connectivity index (χ4v) is 13.1. The number of nitrogens with zero attached hydrogens (tertiary/aromatic N) is 3. The van der Waals surface area contributed by atoms with E-state index in [-0.39, 0.29) is 10.8 Å². The minimum atomic E-state index is -0.251. The Hall–Kier alpha value is -8.92. The molecular weight excluding hydrogens is 883 g/mol. The summed E-state index contributed by atoms with van der Waals surface area (Å²) >= 11 is 0. The maximum atomic E-state index is 2.48. The van der Waals surface area contributed by atoms with Crippen molar-refractivity contribution < 1.29 is 0 Å². The molecule has 0 unspecified atom stereocenters. The monoisotopic (exact) mass is 933 g/mol. The molecule has 73 heavy (non-hydrogen) atoms. The zero-order chi connectivity index (χ0) is 48.7. The lowest BCUT2D eigenvalue weighted by molar-refractivity contribution is 0.660. The van der Waals surface area contributed by atoms with Crippen LogP contribution in [-0.2, 0) is 10.8 Å². The molecule has 346 valence electrons. The van der Waals surface area contributed by atoms with E-state index >= 15 is 0 Å². The third kappa shape index (κ3) is 6.00. The van der Waals surface area contributed by atoms with E-state index in [4.69, 9.17) is 0 Å². The summed E-state index contributed by atoms with van der Waals surface area (Å²) in [6.45, 7) is 9.56. The fraction of sp³-hybridized carbons (Fsp3) is 0.0857. The predicted molar refractivity (Wildman–Crippen MR) is 308 cm³/mol. The van der Waals surface area contributed by atoms with Crippen LogP contribution in [0.3, 0.4) is 0 Å². The number of hydrogen-bond acceptors (Lipinski definition) is 1. The van der Waals surface area contributed by atoms with Gasteiger partial charge in [-0.15, -0.1) is 0 Å². The molecule has 15 rings (SSSR count). The molecule has 0 bridgehead atoms. The first-order valence-electron chi connectivity index (χ1n) is 25.7. The van der Waals surface area contributed by atoms with Crippen LogP contribution in [0.2, 0.25) is 0 Å². The van der Waals surface area contributed by atoms with Gasteiger partial charge < -0.3 is 14.0 Å². The average Bonchev–Trinajstić information content (AvgIpc) is 4.10.